The van der Waals surface area contributed by atoms with Crippen molar-refractivity contribution in [2.75, 3.05) is 0 Å². The number of benzene rings is 2. The summed E-state index contributed by atoms with van der Waals surface area (Å²) < 4.78 is 0. The van der Waals surface area contributed by atoms with E-state index in [0.29, 0.717) is 11.5 Å². The molecule has 0 saturated carbocycles. The normalized spacial score (nSPS) is 11.0. The summed E-state index contributed by atoms with van der Waals surface area (Å²) in [5.74, 6) is 0.294. The van der Waals surface area contributed by atoms with Crippen molar-refractivity contribution < 1.29 is 9.72 Å². The van der Waals surface area contributed by atoms with E-state index in [1.54, 1.807) is 6.08 Å². The number of carbonyl (C=O) groups excluding carboxylic acids is 1. The van der Waals surface area contributed by atoms with Crippen LogP contribution in [0, 0.1) is 10.1 Å². The second kappa shape index (κ2) is 6.80. The van der Waals surface area contributed by atoms with Gasteiger partial charge in [0.05, 0.1) is 4.92 Å². The number of nitro benzene ring substituents is 1. The molecule has 0 saturated heterocycles. The molecule has 0 aromatic heterocycles. The van der Waals surface area contributed by atoms with Crippen molar-refractivity contribution >= 4 is 17.5 Å². The van der Waals surface area contributed by atoms with Crippen LogP contribution in [-0.2, 0) is 0 Å². The molecular formula is C18H17NO3. The van der Waals surface area contributed by atoms with Crippen LogP contribution >= 0.6 is 0 Å². The van der Waals surface area contributed by atoms with Crippen LogP contribution in [-0.4, -0.2) is 10.7 Å². The molecule has 2 rings (SSSR count). The fraction of sp³-hybridized carbons (Fsp3) is 0.167. The molecule has 4 nitrogen and oxygen atoms in total. The number of hydrogen-bond donors (Lipinski definition) is 0. The van der Waals surface area contributed by atoms with Gasteiger partial charge in [-0.25, -0.2) is 0 Å². The van der Waals surface area contributed by atoms with E-state index in [1.807, 2.05) is 24.3 Å². The topological polar surface area (TPSA) is 60.2 Å². The molecule has 2 aromatic rings. The molecule has 0 N–H and O–H groups in total. The van der Waals surface area contributed by atoms with Crippen molar-refractivity contribution in [2.24, 2.45) is 0 Å². The predicted octanol–water partition coefficient (Wildman–Crippen LogP) is 4.61. The third-order valence-corrected chi connectivity index (χ3v) is 3.39. The molecule has 0 atom stereocenters. The Bertz CT molecular complexity index is 698. The lowest BCUT2D eigenvalue weighted by molar-refractivity contribution is -0.384. The zero-order valence-corrected chi connectivity index (χ0v) is 12.5. The average Bonchev–Trinajstić information content (AvgIpc) is 2.53. The Kier molecular flexibility index (Phi) is 4.84. The van der Waals surface area contributed by atoms with Gasteiger partial charge in [-0.05, 0) is 35.3 Å². The first kappa shape index (κ1) is 15.6. The fourth-order valence-electron chi connectivity index (χ4n) is 2.01. The van der Waals surface area contributed by atoms with Gasteiger partial charge in [0.2, 0.25) is 0 Å². The summed E-state index contributed by atoms with van der Waals surface area (Å²) in [4.78, 5) is 22.1. The fourth-order valence-corrected chi connectivity index (χ4v) is 2.01. The Labute approximate surface area is 129 Å². The predicted molar refractivity (Wildman–Crippen MR) is 87.0 cm³/mol. The van der Waals surface area contributed by atoms with Crippen LogP contribution in [0.2, 0.25) is 0 Å². The maximum atomic E-state index is 12.0. The van der Waals surface area contributed by atoms with Crippen molar-refractivity contribution in [3.05, 3.63) is 81.4 Å². The quantitative estimate of drug-likeness (QED) is 0.350. The largest absolute Gasteiger partial charge is 0.289 e. The molecule has 0 aliphatic heterocycles. The summed E-state index contributed by atoms with van der Waals surface area (Å²) in [6, 6.07) is 13.6. The first-order valence-corrected chi connectivity index (χ1v) is 7.04. The molecule has 2 aromatic carbocycles. The summed E-state index contributed by atoms with van der Waals surface area (Å²) in [6.45, 7) is 4.26. The third kappa shape index (κ3) is 3.88. The summed E-state index contributed by atoms with van der Waals surface area (Å²) in [5, 5.41) is 10.6. The van der Waals surface area contributed by atoms with Gasteiger partial charge in [0.25, 0.3) is 5.69 Å². The second-order valence-electron chi connectivity index (χ2n) is 5.32. The van der Waals surface area contributed by atoms with Crippen LogP contribution in [0.25, 0.3) is 6.08 Å². The summed E-state index contributed by atoms with van der Waals surface area (Å²) in [5.41, 5.74) is 2.60. The van der Waals surface area contributed by atoms with Crippen molar-refractivity contribution in [3.8, 4) is 0 Å². The zero-order valence-electron chi connectivity index (χ0n) is 12.5. The number of nitrogens with zero attached hydrogens (tertiary/aromatic N) is 1. The Balaban J connectivity index is 2.08. The van der Waals surface area contributed by atoms with Crippen LogP contribution in [0.5, 0.6) is 0 Å². The molecule has 0 unspecified atom stereocenters. The van der Waals surface area contributed by atoms with Crippen molar-refractivity contribution in [1.29, 1.82) is 0 Å². The molecule has 0 bridgehead atoms. The highest BCUT2D eigenvalue weighted by atomic mass is 16.6. The van der Waals surface area contributed by atoms with E-state index in [0.717, 1.165) is 5.56 Å². The van der Waals surface area contributed by atoms with Gasteiger partial charge >= 0.3 is 0 Å². The molecule has 0 amide bonds. The van der Waals surface area contributed by atoms with Crippen LogP contribution in [0.15, 0.2) is 54.6 Å². The highest BCUT2D eigenvalue weighted by molar-refractivity contribution is 6.06. The molecular weight excluding hydrogens is 278 g/mol. The Hall–Kier alpha value is -2.75. The van der Waals surface area contributed by atoms with Crippen molar-refractivity contribution in [2.45, 2.75) is 19.8 Å². The Morgan fingerprint density at radius 1 is 1.05 bits per heavy atom. The molecule has 112 valence electrons. The molecule has 0 fully saturated rings. The first-order valence-electron chi connectivity index (χ1n) is 7.04. The lowest BCUT2D eigenvalue weighted by atomic mass is 10.0. The lowest BCUT2D eigenvalue weighted by Gasteiger charge is -2.04. The third-order valence-electron chi connectivity index (χ3n) is 3.39. The van der Waals surface area contributed by atoms with Gasteiger partial charge < -0.3 is 0 Å². The van der Waals surface area contributed by atoms with Gasteiger partial charge in [-0.1, -0.05) is 44.2 Å². The summed E-state index contributed by atoms with van der Waals surface area (Å²) >= 11 is 0. The number of allylic oxidation sites excluding steroid dienone is 1. The lowest BCUT2D eigenvalue weighted by Crippen LogP contribution is -1.95. The average molecular weight is 295 g/mol. The number of nitro groups is 1. The van der Waals surface area contributed by atoms with Gasteiger partial charge in [-0.15, -0.1) is 0 Å². The molecule has 22 heavy (non-hydrogen) atoms. The first-order chi connectivity index (χ1) is 10.5. The van der Waals surface area contributed by atoms with E-state index >= 15 is 0 Å². The Morgan fingerprint density at radius 2 is 1.64 bits per heavy atom. The number of ketones is 1. The van der Waals surface area contributed by atoms with Crippen molar-refractivity contribution in [1.82, 2.24) is 0 Å². The molecule has 0 aliphatic carbocycles. The van der Waals surface area contributed by atoms with E-state index in [4.69, 9.17) is 0 Å². The number of carbonyl (C=O) groups is 1. The van der Waals surface area contributed by atoms with Gasteiger partial charge in [-0.3, -0.25) is 14.9 Å². The van der Waals surface area contributed by atoms with Crippen LogP contribution < -0.4 is 0 Å². The summed E-state index contributed by atoms with van der Waals surface area (Å²) in [6.07, 6.45) is 3.22. The molecule has 0 spiro atoms. The Morgan fingerprint density at radius 3 is 2.14 bits per heavy atom. The van der Waals surface area contributed by atoms with Gasteiger partial charge in [0.1, 0.15) is 0 Å². The van der Waals surface area contributed by atoms with Crippen molar-refractivity contribution in [3.63, 3.8) is 0 Å². The maximum absolute atomic E-state index is 12.0. The molecule has 0 radical (unpaired) electrons. The highest BCUT2D eigenvalue weighted by Gasteiger charge is 2.07. The maximum Gasteiger partial charge on any atom is 0.269 e. The van der Waals surface area contributed by atoms with Gasteiger partial charge in [0, 0.05) is 17.7 Å². The van der Waals surface area contributed by atoms with E-state index in [9.17, 15) is 14.9 Å². The van der Waals surface area contributed by atoms with E-state index in [2.05, 4.69) is 13.8 Å². The van der Waals surface area contributed by atoms with E-state index in [-0.39, 0.29) is 11.5 Å². The van der Waals surface area contributed by atoms with E-state index < -0.39 is 4.92 Å². The second-order valence-corrected chi connectivity index (χ2v) is 5.32. The molecule has 4 heteroatoms. The number of non-ortho nitro benzene ring substituents is 1. The SMILES string of the molecule is CC(C)c1ccc(/C=C/C(=O)c2ccc([N+](=O)[O-])cc2)cc1. The smallest absolute Gasteiger partial charge is 0.269 e. The number of hydrogen-bond acceptors (Lipinski definition) is 3. The van der Waals surface area contributed by atoms with Crippen LogP contribution in [0.1, 0.15) is 41.3 Å². The minimum atomic E-state index is -0.486. The molecule has 0 heterocycles. The number of rotatable bonds is 5. The highest BCUT2D eigenvalue weighted by Crippen LogP contribution is 2.16. The minimum Gasteiger partial charge on any atom is -0.289 e. The van der Waals surface area contributed by atoms with E-state index in [1.165, 1.54) is 35.9 Å². The van der Waals surface area contributed by atoms with Gasteiger partial charge in [-0.2, -0.15) is 0 Å². The standard InChI is InChI=1S/C18H17NO3/c1-13(2)15-6-3-14(4-7-15)5-12-18(20)16-8-10-17(11-9-16)19(21)22/h3-13H,1-2H3/b12-5+. The zero-order chi connectivity index (χ0) is 16.1. The molecule has 0 aliphatic rings. The van der Waals surface area contributed by atoms with Crippen LogP contribution in [0.4, 0.5) is 5.69 Å². The summed E-state index contributed by atoms with van der Waals surface area (Å²) in [7, 11) is 0. The van der Waals surface area contributed by atoms with Crippen LogP contribution in [0.3, 0.4) is 0 Å². The van der Waals surface area contributed by atoms with Gasteiger partial charge in [0.15, 0.2) is 5.78 Å². The minimum absolute atomic E-state index is 0.0233. The monoisotopic (exact) mass is 295 g/mol.